The van der Waals surface area contributed by atoms with Crippen LogP contribution in [0.3, 0.4) is 0 Å². The molecule has 0 spiro atoms. The molecule has 164 valence electrons. The minimum Gasteiger partial charge on any atom is -0.496 e. The van der Waals surface area contributed by atoms with Gasteiger partial charge in [0.25, 0.3) is 5.91 Å². The Morgan fingerprint density at radius 1 is 1.30 bits per heavy atom. The number of nitrogens with one attached hydrogen (secondary N) is 1. The van der Waals surface area contributed by atoms with Crippen LogP contribution in [0.1, 0.15) is 44.0 Å². The second-order valence-electron chi connectivity index (χ2n) is 7.44. The molecular formula is C19H26N4O4S3. The molecule has 0 saturated carbocycles. The minimum absolute atomic E-state index is 0.0799. The molecule has 3 rings (SSSR count). The molecular weight excluding hydrogens is 444 g/mol. The summed E-state index contributed by atoms with van der Waals surface area (Å²) < 4.78 is 33.6. The molecule has 0 radical (unpaired) electrons. The smallest absolute Gasteiger partial charge is 0.261 e. The van der Waals surface area contributed by atoms with Crippen molar-refractivity contribution in [3.8, 4) is 5.75 Å². The standard InChI is InChI=1S/C19H26N4O4S3/c1-12(2)28-19-22-21-18(29-19)20-17(24)15-11-14(5-6-16(15)27-4)30(25,26)23-9-7-13(3)8-10-23/h5-6,11-13H,7-10H2,1-4H3,(H,20,21,24). The zero-order chi connectivity index (χ0) is 21.9. The summed E-state index contributed by atoms with van der Waals surface area (Å²) in [6, 6.07) is 4.35. The van der Waals surface area contributed by atoms with Crippen LogP contribution < -0.4 is 10.1 Å². The Morgan fingerprint density at radius 2 is 2.00 bits per heavy atom. The predicted molar refractivity (Wildman–Crippen MR) is 119 cm³/mol. The van der Waals surface area contributed by atoms with E-state index >= 15 is 0 Å². The average molecular weight is 471 g/mol. The molecule has 1 saturated heterocycles. The van der Waals surface area contributed by atoms with Crippen LogP contribution in [-0.4, -0.2) is 54.3 Å². The van der Waals surface area contributed by atoms with E-state index in [0.717, 1.165) is 17.2 Å². The van der Waals surface area contributed by atoms with E-state index in [0.29, 0.717) is 35.1 Å². The number of aromatic nitrogens is 2. The highest BCUT2D eigenvalue weighted by Crippen LogP contribution is 2.31. The number of amides is 1. The molecule has 2 aromatic rings. The molecule has 8 nitrogen and oxygen atoms in total. The first-order valence-electron chi connectivity index (χ1n) is 9.70. The van der Waals surface area contributed by atoms with Gasteiger partial charge >= 0.3 is 0 Å². The van der Waals surface area contributed by atoms with Gasteiger partial charge in [0, 0.05) is 18.3 Å². The van der Waals surface area contributed by atoms with Gasteiger partial charge in [-0.2, -0.15) is 4.31 Å². The average Bonchev–Trinajstić information content (AvgIpc) is 3.13. The third-order valence-electron chi connectivity index (χ3n) is 4.76. The number of hydrogen-bond donors (Lipinski definition) is 1. The van der Waals surface area contributed by atoms with Crippen molar-refractivity contribution in [2.24, 2.45) is 5.92 Å². The molecule has 30 heavy (non-hydrogen) atoms. The number of carbonyl (C=O) groups is 1. The van der Waals surface area contributed by atoms with Crippen LogP contribution in [0.15, 0.2) is 27.4 Å². The molecule has 0 bridgehead atoms. The van der Waals surface area contributed by atoms with E-state index in [9.17, 15) is 13.2 Å². The molecule has 1 amide bonds. The zero-order valence-electron chi connectivity index (χ0n) is 17.4. The number of methoxy groups -OCH3 is 1. The first kappa shape index (κ1) is 23.0. The first-order valence-corrected chi connectivity index (χ1v) is 12.8. The molecule has 0 unspecified atom stereocenters. The molecule has 1 aromatic heterocycles. The summed E-state index contributed by atoms with van der Waals surface area (Å²) in [7, 11) is -2.24. The molecule has 1 fully saturated rings. The molecule has 2 heterocycles. The number of hydrogen-bond acceptors (Lipinski definition) is 8. The third kappa shape index (κ3) is 5.32. The summed E-state index contributed by atoms with van der Waals surface area (Å²) in [6.07, 6.45) is 1.66. The Hall–Kier alpha value is -1.69. The lowest BCUT2D eigenvalue weighted by Crippen LogP contribution is -2.37. The van der Waals surface area contributed by atoms with Crippen LogP contribution in [0.25, 0.3) is 0 Å². The van der Waals surface area contributed by atoms with Gasteiger partial charge < -0.3 is 4.74 Å². The fourth-order valence-electron chi connectivity index (χ4n) is 3.07. The number of ether oxygens (including phenoxy) is 1. The SMILES string of the molecule is COc1ccc(S(=O)(=O)N2CCC(C)CC2)cc1C(=O)Nc1nnc(SC(C)C)s1. The van der Waals surface area contributed by atoms with Crippen molar-refractivity contribution in [2.75, 3.05) is 25.5 Å². The van der Waals surface area contributed by atoms with Crippen molar-refractivity contribution in [1.82, 2.24) is 14.5 Å². The predicted octanol–water partition coefficient (Wildman–Crippen LogP) is 3.72. The lowest BCUT2D eigenvalue weighted by Gasteiger charge is -2.29. The second kappa shape index (κ2) is 9.63. The molecule has 11 heteroatoms. The molecule has 0 aliphatic carbocycles. The molecule has 0 atom stereocenters. The number of nitrogens with zero attached hydrogens (tertiary/aromatic N) is 3. The molecule has 1 N–H and O–H groups in total. The van der Waals surface area contributed by atoms with Crippen LogP contribution in [-0.2, 0) is 10.0 Å². The van der Waals surface area contributed by atoms with Crippen LogP contribution in [0.5, 0.6) is 5.75 Å². The summed E-state index contributed by atoms with van der Waals surface area (Å²) in [6.45, 7) is 7.18. The van der Waals surface area contributed by atoms with Gasteiger partial charge in [-0.1, -0.05) is 43.9 Å². The molecule has 1 aliphatic rings. The highest BCUT2D eigenvalue weighted by molar-refractivity contribution is 8.01. The summed E-state index contributed by atoms with van der Waals surface area (Å²) in [5.41, 5.74) is 0.136. The van der Waals surface area contributed by atoms with Crippen LogP contribution in [0, 0.1) is 5.92 Å². The summed E-state index contributed by atoms with van der Waals surface area (Å²) in [5.74, 6) is 0.313. The van der Waals surface area contributed by atoms with Crippen molar-refractivity contribution in [3.05, 3.63) is 23.8 Å². The van der Waals surface area contributed by atoms with E-state index in [-0.39, 0.29) is 10.5 Å². The van der Waals surface area contributed by atoms with Gasteiger partial charge in [0.05, 0.1) is 17.6 Å². The van der Waals surface area contributed by atoms with E-state index in [4.69, 9.17) is 4.74 Å². The Bertz CT molecular complexity index is 999. The highest BCUT2D eigenvalue weighted by atomic mass is 32.2. The fourth-order valence-corrected chi connectivity index (χ4v) is 6.54. The van der Waals surface area contributed by atoms with Crippen LogP contribution in [0.2, 0.25) is 0 Å². The largest absolute Gasteiger partial charge is 0.496 e. The lowest BCUT2D eigenvalue weighted by atomic mass is 10.0. The monoisotopic (exact) mass is 470 g/mol. The number of benzene rings is 1. The van der Waals surface area contributed by atoms with Crippen molar-refractivity contribution in [1.29, 1.82) is 0 Å². The number of rotatable bonds is 7. The maximum Gasteiger partial charge on any atom is 0.261 e. The van der Waals surface area contributed by atoms with Gasteiger partial charge in [0.15, 0.2) is 4.34 Å². The number of thioether (sulfide) groups is 1. The number of anilines is 1. The maximum absolute atomic E-state index is 13.1. The lowest BCUT2D eigenvalue weighted by molar-refractivity contribution is 0.102. The normalized spacial score (nSPS) is 16.0. The Morgan fingerprint density at radius 3 is 2.63 bits per heavy atom. The van der Waals surface area contributed by atoms with E-state index < -0.39 is 15.9 Å². The first-order chi connectivity index (χ1) is 14.2. The van der Waals surface area contributed by atoms with Crippen LogP contribution in [0.4, 0.5) is 5.13 Å². The van der Waals surface area contributed by atoms with E-state index in [1.54, 1.807) is 11.8 Å². The zero-order valence-corrected chi connectivity index (χ0v) is 19.9. The second-order valence-corrected chi connectivity index (χ2v) is 12.2. The fraction of sp³-hybridized carbons (Fsp3) is 0.526. The number of sulfonamides is 1. The minimum atomic E-state index is -3.68. The Balaban J connectivity index is 1.83. The van der Waals surface area contributed by atoms with Gasteiger partial charge in [0.1, 0.15) is 5.75 Å². The maximum atomic E-state index is 13.1. The quantitative estimate of drug-likeness (QED) is 0.486. The summed E-state index contributed by atoms with van der Waals surface area (Å²) in [5, 5.41) is 11.4. The van der Waals surface area contributed by atoms with Gasteiger partial charge in [0.2, 0.25) is 15.2 Å². The van der Waals surface area contributed by atoms with Gasteiger partial charge in [-0.15, -0.1) is 10.2 Å². The van der Waals surface area contributed by atoms with Gasteiger partial charge in [-0.25, -0.2) is 8.42 Å². The van der Waals surface area contributed by atoms with Crippen molar-refractivity contribution in [2.45, 2.75) is 48.1 Å². The molecule has 1 aliphatic heterocycles. The van der Waals surface area contributed by atoms with E-state index in [2.05, 4.69) is 22.4 Å². The van der Waals surface area contributed by atoms with E-state index in [1.807, 2.05) is 13.8 Å². The highest BCUT2D eigenvalue weighted by Gasteiger charge is 2.29. The Kier molecular flexibility index (Phi) is 7.38. The summed E-state index contributed by atoms with van der Waals surface area (Å²) in [4.78, 5) is 12.9. The molecule has 1 aromatic carbocycles. The van der Waals surface area contributed by atoms with Crippen LogP contribution >= 0.6 is 23.1 Å². The summed E-state index contributed by atoms with van der Waals surface area (Å²) >= 11 is 2.83. The van der Waals surface area contributed by atoms with Crippen molar-refractivity contribution < 1.29 is 17.9 Å². The van der Waals surface area contributed by atoms with Crippen molar-refractivity contribution >= 4 is 44.2 Å². The topological polar surface area (TPSA) is 101 Å². The third-order valence-corrected chi connectivity index (χ3v) is 8.58. The van der Waals surface area contributed by atoms with Gasteiger partial charge in [-0.3, -0.25) is 10.1 Å². The van der Waals surface area contributed by atoms with Gasteiger partial charge in [-0.05, 0) is 37.0 Å². The number of piperidine rings is 1. The van der Waals surface area contributed by atoms with E-state index in [1.165, 1.54) is 41.0 Å². The van der Waals surface area contributed by atoms with Crippen molar-refractivity contribution in [3.63, 3.8) is 0 Å². The number of carbonyl (C=O) groups excluding carboxylic acids is 1. The Labute approximate surface area is 185 Å².